The van der Waals surface area contributed by atoms with E-state index in [-0.39, 0.29) is 24.8 Å². The van der Waals surface area contributed by atoms with Crippen molar-refractivity contribution in [2.45, 2.75) is 74.5 Å². The van der Waals surface area contributed by atoms with Crippen LogP contribution in [0.5, 0.6) is 0 Å². The molecule has 168 valence electrons. The van der Waals surface area contributed by atoms with Crippen molar-refractivity contribution in [1.82, 2.24) is 0 Å². The zero-order valence-corrected chi connectivity index (χ0v) is 23.9. The third-order valence-corrected chi connectivity index (χ3v) is 17.1. The third-order valence-electron chi connectivity index (χ3n) is 8.70. The molecule has 2 fully saturated rings. The molecule has 0 radical (unpaired) electrons. The Bertz CT molecular complexity index is 719. The minimum absolute atomic E-state index is 0. The quantitative estimate of drug-likeness (QED) is 0.337. The molecule has 4 aliphatic carbocycles. The van der Waals surface area contributed by atoms with Gasteiger partial charge in [0.05, 0.1) is 0 Å². The summed E-state index contributed by atoms with van der Waals surface area (Å²) in [5, 5.41) is 0. The topological polar surface area (TPSA) is 0 Å². The average Bonchev–Trinajstić information content (AvgIpc) is 3.03. The summed E-state index contributed by atoms with van der Waals surface area (Å²) >= 11 is -1.93. The first kappa shape index (κ1) is 26.5. The number of allylic oxidation sites excluding steroid dienone is 8. The molecule has 0 aromatic rings. The minimum atomic E-state index is -1.93. The summed E-state index contributed by atoms with van der Waals surface area (Å²) in [5.74, 6) is 3.20. The van der Waals surface area contributed by atoms with Crippen LogP contribution in [0.15, 0.2) is 47.6 Å². The van der Waals surface area contributed by atoms with Crippen LogP contribution in [0.1, 0.15) is 67.2 Å². The molecule has 0 nitrogen and oxygen atoms in total. The van der Waals surface area contributed by atoms with Crippen LogP contribution in [0, 0.1) is 34.5 Å². The van der Waals surface area contributed by atoms with Crippen LogP contribution in [-0.4, -0.2) is 4.21 Å². The summed E-state index contributed by atoms with van der Waals surface area (Å²) < 4.78 is 6.77. The van der Waals surface area contributed by atoms with E-state index >= 15 is 0 Å². The molecular formula is C27H42Cl2Zr. The van der Waals surface area contributed by atoms with Gasteiger partial charge in [-0.2, -0.15) is 0 Å². The first-order chi connectivity index (χ1) is 13.1. The number of halogens is 2. The molecule has 0 N–H and O–H groups in total. The van der Waals surface area contributed by atoms with E-state index in [9.17, 15) is 0 Å². The van der Waals surface area contributed by atoms with Crippen LogP contribution >= 0.6 is 24.8 Å². The summed E-state index contributed by atoms with van der Waals surface area (Å²) in [7, 11) is 0. The number of fused-ring (bicyclic) bond motifs is 2. The van der Waals surface area contributed by atoms with Crippen molar-refractivity contribution in [3.8, 4) is 0 Å². The van der Waals surface area contributed by atoms with Crippen molar-refractivity contribution in [1.29, 1.82) is 0 Å². The molecule has 0 bridgehead atoms. The van der Waals surface area contributed by atoms with Gasteiger partial charge >= 0.3 is 182 Å². The summed E-state index contributed by atoms with van der Waals surface area (Å²) in [6, 6.07) is 0. The van der Waals surface area contributed by atoms with Gasteiger partial charge in [-0.1, -0.05) is 0 Å². The third kappa shape index (κ3) is 4.52. The molecule has 6 atom stereocenters. The van der Waals surface area contributed by atoms with Gasteiger partial charge in [0.15, 0.2) is 0 Å². The Hall–Kier alpha value is 0.293. The maximum absolute atomic E-state index is 5.11. The van der Waals surface area contributed by atoms with Crippen LogP contribution in [0.2, 0.25) is 7.25 Å². The zero-order valence-electron chi connectivity index (χ0n) is 19.8. The van der Waals surface area contributed by atoms with E-state index in [0.717, 1.165) is 30.9 Å². The second kappa shape index (κ2) is 9.65. The van der Waals surface area contributed by atoms with Crippen molar-refractivity contribution in [2.75, 3.05) is 0 Å². The van der Waals surface area contributed by atoms with Gasteiger partial charge in [-0.3, -0.25) is 0 Å². The summed E-state index contributed by atoms with van der Waals surface area (Å²) in [6.07, 6.45) is 19.8. The van der Waals surface area contributed by atoms with Gasteiger partial charge in [0, 0.05) is 0 Å². The molecule has 0 spiro atoms. The van der Waals surface area contributed by atoms with Crippen molar-refractivity contribution in [2.24, 2.45) is 34.5 Å². The second-order valence-corrected chi connectivity index (χ2v) is 17.5. The van der Waals surface area contributed by atoms with E-state index in [1.807, 2.05) is 0 Å². The Kier molecular flexibility index (Phi) is 8.54. The molecule has 6 unspecified atom stereocenters. The monoisotopic (exact) mass is 526 g/mol. The van der Waals surface area contributed by atoms with E-state index in [2.05, 4.69) is 78.0 Å². The fourth-order valence-corrected chi connectivity index (χ4v) is 15.9. The van der Waals surface area contributed by atoms with Crippen molar-refractivity contribution in [3.63, 3.8) is 0 Å². The molecule has 2 saturated carbocycles. The van der Waals surface area contributed by atoms with E-state index in [4.69, 9.17) is 4.21 Å². The van der Waals surface area contributed by atoms with Gasteiger partial charge in [0.1, 0.15) is 0 Å². The van der Waals surface area contributed by atoms with Gasteiger partial charge in [-0.15, -0.1) is 24.8 Å². The van der Waals surface area contributed by atoms with E-state index in [0.29, 0.717) is 10.8 Å². The molecule has 30 heavy (non-hydrogen) atoms. The van der Waals surface area contributed by atoms with Gasteiger partial charge in [-0.25, -0.2) is 0 Å². The van der Waals surface area contributed by atoms with Crippen LogP contribution in [-0.2, 0) is 21.3 Å². The van der Waals surface area contributed by atoms with Gasteiger partial charge < -0.3 is 0 Å². The Labute approximate surface area is 205 Å². The molecule has 0 saturated heterocycles. The molecule has 4 rings (SSSR count). The average molecular weight is 529 g/mol. The maximum atomic E-state index is 5.11. The predicted octanol–water partition coefficient (Wildman–Crippen LogP) is 8.59. The number of hydrogen-bond donors (Lipinski definition) is 0. The number of hydrogen-bond acceptors (Lipinski definition) is 0. The summed E-state index contributed by atoms with van der Waals surface area (Å²) in [6.45, 7) is 15.1. The molecule has 0 heterocycles. The molecule has 4 aliphatic rings. The summed E-state index contributed by atoms with van der Waals surface area (Å²) in [4.78, 5) is 0. The Morgan fingerprint density at radius 3 is 1.50 bits per heavy atom. The first-order valence-corrected chi connectivity index (χ1v) is 16.1. The van der Waals surface area contributed by atoms with Crippen LogP contribution in [0.4, 0.5) is 0 Å². The van der Waals surface area contributed by atoms with Crippen molar-refractivity contribution < 1.29 is 21.3 Å². The Morgan fingerprint density at radius 1 is 0.767 bits per heavy atom. The zero-order chi connectivity index (χ0) is 20.3. The molecule has 0 aromatic carbocycles. The Balaban J connectivity index is 0.00000160. The molecule has 0 aromatic heterocycles. The molecular weight excluding hydrogens is 486 g/mol. The van der Waals surface area contributed by atoms with Gasteiger partial charge in [0.2, 0.25) is 0 Å². The van der Waals surface area contributed by atoms with E-state index in [1.165, 1.54) is 25.7 Å². The number of rotatable bonds is 2. The van der Waals surface area contributed by atoms with E-state index in [1.54, 1.807) is 11.1 Å². The predicted molar refractivity (Wildman–Crippen MR) is 135 cm³/mol. The van der Waals surface area contributed by atoms with Crippen LogP contribution in [0.25, 0.3) is 0 Å². The standard InChI is InChI=1S/2C13H19.CH2.2ClH.Zr/c2*1-10-8-11-6-4-5-7-13(2,3)12(11)9-10;;;;/h2*4-6,8,10,12H,7,9H2,1-3H3;1H2;2*1H;. The fourth-order valence-electron chi connectivity index (χ4n) is 7.10. The SMILES string of the molecule is Cl.Cl.[CH2]=[Zr]([CH]1C2=CC=CCC(C)(C)C2CC1C)[CH]1C2=CC=CCC(C)(C)C2CC1C. The van der Waals surface area contributed by atoms with Crippen LogP contribution in [0.3, 0.4) is 0 Å². The fraction of sp³-hybridized carbons (Fsp3) is 0.667. The van der Waals surface area contributed by atoms with Crippen LogP contribution < -0.4 is 0 Å². The van der Waals surface area contributed by atoms with Gasteiger partial charge in [-0.05, 0) is 0 Å². The van der Waals surface area contributed by atoms with Crippen molar-refractivity contribution >= 4 is 29.0 Å². The molecule has 3 heteroatoms. The second-order valence-electron chi connectivity index (χ2n) is 11.6. The molecule has 0 amide bonds. The van der Waals surface area contributed by atoms with E-state index < -0.39 is 21.3 Å². The summed E-state index contributed by atoms with van der Waals surface area (Å²) in [5.41, 5.74) is 4.41. The Morgan fingerprint density at radius 2 is 1.13 bits per heavy atom. The van der Waals surface area contributed by atoms with Gasteiger partial charge in [0.25, 0.3) is 0 Å². The normalized spacial score (nSPS) is 38.1. The van der Waals surface area contributed by atoms with Crippen molar-refractivity contribution in [3.05, 3.63) is 47.6 Å². The molecule has 0 aliphatic heterocycles. The first-order valence-electron chi connectivity index (χ1n) is 11.6.